The lowest BCUT2D eigenvalue weighted by Crippen LogP contribution is -2.39. The maximum Gasteiger partial charge on any atom is 0.238 e. The Morgan fingerprint density at radius 2 is 2.00 bits per heavy atom. The number of benzene rings is 1. The van der Waals surface area contributed by atoms with Crippen LogP contribution in [0.3, 0.4) is 0 Å². The Labute approximate surface area is 117 Å². The van der Waals surface area contributed by atoms with E-state index in [1.54, 1.807) is 0 Å². The van der Waals surface area contributed by atoms with Gasteiger partial charge in [-0.2, -0.15) is 0 Å². The van der Waals surface area contributed by atoms with Crippen LogP contribution in [0.25, 0.3) is 0 Å². The number of anilines is 1. The zero-order valence-corrected chi connectivity index (χ0v) is 11.7. The average molecular weight is 283 g/mol. The molecule has 19 heavy (non-hydrogen) atoms. The fourth-order valence-corrected chi connectivity index (χ4v) is 1.87. The minimum Gasteiger partial charge on any atom is -0.392 e. The standard InChI is InChI=1S/C13H18FN3OS/c1-2-7-17(8-12(15)19)9-13(18)16-11-5-3-10(14)4-6-11/h3-6H,2,7-9H2,1H3,(H2,15,19)(H,16,18). The Morgan fingerprint density at radius 1 is 1.37 bits per heavy atom. The highest BCUT2D eigenvalue weighted by molar-refractivity contribution is 7.80. The van der Waals surface area contributed by atoms with Gasteiger partial charge in [0, 0.05) is 12.2 Å². The molecule has 0 aliphatic heterocycles. The maximum atomic E-state index is 12.7. The molecular weight excluding hydrogens is 265 g/mol. The Bertz CT molecular complexity index is 436. The molecule has 1 aromatic carbocycles. The molecule has 0 aliphatic carbocycles. The van der Waals surface area contributed by atoms with Gasteiger partial charge in [-0.05, 0) is 37.2 Å². The molecule has 6 heteroatoms. The second-order valence-electron chi connectivity index (χ2n) is 4.23. The van der Waals surface area contributed by atoms with E-state index in [1.165, 1.54) is 24.3 Å². The van der Waals surface area contributed by atoms with Crippen LogP contribution in [0, 0.1) is 5.82 Å². The number of hydrogen-bond acceptors (Lipinski definition) is 3. The summed E-state index contributed by atoms with van der Waals surface area (Å²) in [5.74, 6) is -0.504. The number of thiocarbonyl (C=S) groups is 1. The van der Waals surface area contributed by atoms with Crippen LogP contribution in [0.1, 0.15) is 13.3 Å². The van der Waals surface area contributed by atoms with Gasteiger partial charge in [0.1, 0.15) is 5.82 Å². The van der Waals surface area contributed by atoms with Crippen molar-refractivity contribution in [3.63, 3.8) is 0 Å². The van der Waals surface area contributed by atoms with Gasteiger partial charge in [0.25, 0.3) is 0 Å². The lowest BCUT2D eigenvalue weighted by Gasteiger charge is -2.20. The largest absolute Gasteiger partial charge is 0.392 e. The number of carbonyl (C=O) groups excluding carboxylic acids is 1. The highest BCUT2D eigenvalue weighted by atomic mass is 32.1. The van der Waals surface area contributed by atoms with Gasteiger partial charge in [-0.25, -0.2) is 4.39 Å². The van der Waals surface area contributed by atoms with Crippen molar-refractivity contribution in [2.24, 2.45) is 5.73 Å². The number of nitrogens with two attached hydrogens (primary N) is 1. The SMILES string of the molecule is CCCN(CC(=O)Nc1ccc(F)cc1)CC(N)=S. The number of hydrogen-bond donors (Lipinski definition) is 2. The summed E-state index contributed by atoms with van der Waals surface area (Å²) < 4.78 is 12.7. The fourth-order valence-electron chi connectivity index (χ4n) is 1.69. The van der Waals surface area contributed by atoms with Gasteiger partial charge in [0.05, 0.1) is 11.5 Å². The monoisotopic (exact) mass is 283 g/mol. The summed E-state index contributed by atoms with van der Waals surface area (Å²) in [6, 6.07) is 5.64. The molecule has 0 radical (unpaired) electrons. The Balaban J connectivity index is 2.52. The Morgan fingerprint density at radius 3 is 2.53 bits per heavy atom. The van der Waals surface area contributed by atoms with Crippen molar-refractivity contribution in [2.75, 3.05) is 25.0 Å². The third kappa shape index (κ3) is 6.26. The predicted octanol–water partition coefficient (Wildman–Crippen LogP) is 1.76. The van der Waals surface area contributed by atoms with E-state index in [2.05, 4.69) is 5.32 Å². The molecule has 0 saturated heterocycles. The number of halogens is 1. The second-order valence-corrected chi connectivity index (χ2v) is 4.76. The molecule has 0 bridgehead atoms. The van der Waals surface area contributed by atoms with Crippen LogP contribution in [0.15, 0.2) is 24.3 Å². The van der Waals surface area contributed by atoms with Gasteiger partial charge in [-0.3, -0.25) is 9.69 Å². The molecule has 3 N–H and O–H groups in total. The zero-order valence-electron chi connectivity index (χ0n) is 10.9. The van der Waals surface area contributed by atoms with Gasteiger partial charge >= 0.3 is 0 Å². The van der Waals surface area contributed by atoms with Crippen LogP contribution in [0.5, 0.6) is 0 Å². The Kier molecular flexibility index (Phi) is 6.38. The summed E-state index contributed by atoms with van der Waals surface area (Å²) >= 11 is 4.85. The predicted molar refractivity (Wildman–Crippen MR) is 78.5 cm³/mol. The quantitative estimate of drug-likeness (QED) is 0.749. The lowest BCUT2D eigenvalue weighted by molar-refractivity contribution is -0.117. The van der Waals surface area contributed by atoms with Crippen molar-refractivity contribution in [3.8, 4) is 0 Å². The summed E-state index contributed by atoms with van der Waals surface area (Å²) in [4.78, 5) is 14.1. The van der Waals surface area contributed by atoms with E-state index in [9.17, 15) is 9.18 Å². The number of rotatable bonds is 7. The van der Waals surface area contributed by atoms with Crippen molar-refractivity contribution >= 4 is 28.8 Å². The molecule has 0 aliphatic rings. The number of nitrogens with zero attached hydrogens (tertiary/aromatic N) is 1. The average Bonchev–Trinajstić information content (AvgIpc) is 2.31. The molecule has 0 aromatic heterocycles. The van der Waals surface area contributed by atoms with Gasteiger partial charge in [0.15, 0.2) is 0 Å². The van der Waals surface area contributed by atoms with E-state index in [-0.39, 0.29) is 18.3 Å². The molecule has 104 valence electrons. The third-order valence-electron chi connectivity index (χ3n) is 2.41. The topological polar surface area (TPSA) is 58.4 Å². The second kappa shape index (κ2) is 7.81. The van der Waals surface area contributed by atoms with E-state index in [4.69, 9.17) is 18.0 Å². The first-order valence-electron chi connectivity index (χ1n) is 6.07. The Hall–Kier alpha value is -1.53. The molecule has 1 aromatic rings. The number of carbonyl (C=O) groups is 1. The van der Waals surface area contributed by atoms with E-state index in [1.807, 2.05) is 11.8 Å². The van der Waals surface area contributed by atoms with Crippen molar-refractivity contribution in [3.05, 3.63) is 30.1 Å². The summed E-state index contributed by atoms with van der Waals surface area (Å²) in [5, 5.41) is 2.70. The molecule has 0 fully saturated rings. The summed E-state index contributed by atoms with van der Waals surface area (Å²) in [6.45, 7) is 3.39. The molecule has 0 atom stereocenters. The highest BCUT2D eigenvalue weighted by Gasteiger charge is 2.11. The molecule has 1 rings (SSSR count). The van der Waals surface area contributed by atoms with E-state index in [0.29, 0.717) is 17.2 Å². The first kappa shape index (κ1) is 15.5. The minimum atomic E-state index is -0.334. The van der Waals surface area contributed by atoms with Crippen LogP contribution in [-0.4, -0.2) is 35.4 Å². The van der Waals surface area contributed by atoms with E-state index in [0.717, 1.165) is 13.0 Å². The zero-order chi connectivity index (χ0) is 14.3. The third-order valence-corrected chi connectivity index (χ3v) is 2.54. The molecule has 0 unspecified atom stereocenters. The van der Waals surface area contributed by atoms with Crippen molar-refractivity contribution in [1.82, 2.24) is 4.90 Å². The lowest BCUT2D eigenvalue weighted by atomic mass is 10.3. The smallest absolute Gasteiger partial charge is 0.238 e. The molecule has 0 spiro atoms. The highest BCUT2D eigenvalue weighted by Crippen LogP contribution is 2.08. The minimum absolute atomic E-state index is 0.170. The van der Waals surface area contributed by atoms with Crippen molar-refractivity contribution in [2.45, 2.75) is 13.3 Å². The molecular formula is C13H18FN3OS. The molecule has 4 nitrogen and oxygen atoms in total. The number of amides is 1. The van der Waals surface area contributed by atoms with Crippen LogP contribution in [-0.2, 0) is 4.79 Å². The first-order valence-corrected chi connectivity index (χ1v) is 6.48. The van der Waals surface area contributed by atoms with Gasteiger partial charge in [-0.1, -0.05) is 19.1 Å². The molecule has 1 amide bonds. The van der Waals surface area contributed by atoms with Crippen LogP contribution in [0.4, 0.5) is 10.1 Å². The van der Waals surface area contributed by atoms with Crippen molar-refractivity contribution in [1.29, 1.82) is 0 Å². The van der Waals surface area contributed by atoms with Crippen LogP contribution in [0.2, 0.25) is 0 Å². The summed E-state index contributed by atoms with van der Waals surface area (Å²) in [7, 11) is 0. The molecule has 0 heterocycles. The number of nitrogens with one attached hydrogen (secondary N) is 1. The summed E-state index contributed by atoms with van der Waals surface area (Å²) in [6.07, 6.45) is 0.909. The van der Waals surface area contributed by atoms with Gasteiger partial charge in [-0.15, -0.1) is 0 Å². The van der Waals surface area contributed by atoms with E-state index < -0.39 is 0 Å². The van der Waals surface area contributed by atoms with Crippen molar-refractivity contribution < 1.29 is 9.18 Å². The van der Waals surface area contributed by atoms with Gasteiger partial charge in [0.2, 0.25) is 5.91 Å². The van der Waals surface area contributed by atoms with Gasteiger partial charge < -0.3 is 11.1 Å². The molecule has 0 saturated carbocycles. The fraction of sp³-hybridized carbons (Fsp3) is 0.385. The maximum absolute atomic E-state index is 12.7. The first-order chi connectivity index (χ1) is 9.01. The van der Waals surface area contributed by atoms with E-state index >= 15 is 0 Å². The summed E-state index contributed by atoms with van der Waals surface area (Å²) in [5.41, 5.74) is 6.05. The normalized spacial score (nSPS) is 10.5. The van der Waals surface area contributed by atoms with Crippen LogP contribution >= 0.6 is 12.2 Å². The van der Waals surface area contributed by atoms with Crippen LogP contribution < -0.4 is 11.1 Å².